The summed E-state index contributed by atoms with van der Waals surface area (Å²) in [4.78, 5) is 19.8. The maximum Gasteiger partial charge on any atom is 0.367 e. The van der Waals surface area contributed by atoms with Gasteiger partial charge in [-0.2, -0.15) is 0 Å². The van der Waals surface area contributed by atoms with Crippen LogP contribution in [-0.4, -0.2) is 20.3 Å². The Balaban J connectivity index is 3.25. The molecule has 0 fully saturated rings. The van der Waals surface area contributed by atoms with Gasteiger partial charge in [-0.15, -0.1) is 9.65 Å². The molecule has 0 aromatic heterocycles. The van der Waals surface area contributed by atoms with Crippen molar-refractivity contribution in [2.45, 2.75) is 43.9 Å². The van der Waals surface area contributed by atoms with Crippen molar-refractivity contribution in [2.75, 3.05) is 0 Å². The normalized spacial score (nSPS) is 14.2. The summed E-state index contributed by atoms with van der Waals surface area (Å²) < 4.78 is 12.1. The van der Waals surface area contributed by atoms with Gasteiger partial charge in [0.15, 0.2) is 0 Å². The topological polar surface area (TPSA) is 57.5 Å². The third kappa shape index (κ3) is 3.00. The van der Waals surface area contributed by atoms with Gasteiger partial charge in [-0.1, -0.05) is 58.0 Å². The highest BCUT2D eigenvalue weighted by Crippen LogP contribution is 2.82. The van der Waals surface area contributed by atoms with E-state index in [1.54, 1.807) is 0 Å². The van der Waals surface area contributed by atoms with Crippen LogP contribution >= 0.6 is 16.4 Å². The summed E-state index contributed by atoms with van der Waals surface area (Å²) in [6.07, 6.45) is 0. The highest BCUT2D eigenvalue weighted by molar-refractivity contribution is 8.76. The van der Waals surface area contributed by atoms with Crippen molar-refractivity contribution in [1.82, 2.24) is 0 Å². The number of benzene rings is 1. The molecule has 2 N–H and O–H groups in total. The fourth-order valence-electron chi connectivity index (χ4n) is 2.35. The Labute approximate surface area is 111 Å². The van der Waals surface area contributed by atoms with Crippen LogP contribution in [0.3, 0.4) is 0 Å². The van der Waals surface area contributed by atoms with Crippen LogP contribution in [0.5, 0.6) is 0 Å². The van der Waals surface area contributed by atoms with Crippen LogP contribution in [0.15, 0.2) is 30.3 Å². The van der Waals surface area contributed by atoms with Gasteiger partial charge >= 0.3 is 6.80 Å². The third-order valence-electron chi connectivity index (χ3n) is 3.32. The van der Waals surface area contributed by atoms with E-state index < -0.39 is 16.4 Å². The molecule has 1 rings (SSSR count). The van der Waals surface area contributed by atoms with Gasteiger partial charge in [0.25, 0.3) is 0 Å². The Hall–Kier alpha value is -0.280. The first kappa shape index (κ1) is 15.8. The Morgan fingerprint density at radius 3 is 1.83 bits per heavy atom. The lowest BCUT2D eigenvalue weighted by atomic mass is 10.2. The van der Waals surface area contributed by atoms with Crippen molar-refractivity contribution < 1.29 is 14.4 Å². The lowest BCUT2D eigenvalue weighted by Gasteiger charge is -2.47. The molecule has 0 spiro atoms. The Morgan fingerprint density at radius 1 is 1.06 bits per heavy atom. The second-order valence-electron chi connectivity index (χ2n) is 5.03. The zero-order valence-corrected chi connectivity index (χ0v) is 13.1. The summed E-state index contributed by atoms with van der Waals surface area (Å²) in [6.45, 7) is 3.61. The van der Waals surface area contributed by atoms with Gasteiger partial charge in [0, 0.05) is 5.75 Å². The van der Waals surface area contributed by atoms with Crippen molar-refractivity contribution >= 4 is 16.4 Å². The minimum Gasteiger partial charge on any atom is -0.318 e. The number of hydrogen-bond acceptors (Lipinski definition) is 1. The zero-order valence-electron chi connectivity index (χ0n) is 11.4. The first-order chi connectivity index (χ1) is 8.22. The summed E-state index contributed by atoms with van der Waals surface area (Å²) in [5.74, 6) is 0.494. The van der Waals surface area contributed by atoms with Crippen LogP contribution in [-0.2, 0) is 10.3 Å². The average molecular weight is 290 g/mol. The molecular weight excluding hydrogens is 267 g/mol. The minimum atomic E-state index is -4.10. The molecule has 3 nitrogen and oxygen atoms in total. The van der Waals surface area contributed by atoms with Gasteiger partial charge in [0.2, 0.25) is 0 Å². The number of hydrogen-bond donors (Lipinski definition) is 2. The van der Waals surface area contributed by atoms with Gasteiger partial charge < -0.3 is 9.79 Å². The van der Waals surface area contributed by atoms with E-state index in [-0.39, 0.29) is 10.5 Å². The molecule has 0 heterocycles. The molecular formula is C13H23O3PS. The molecule has 5 heteroatoms. The Bertz CT molecular complexity index is 417. The van der Waals surface area contributed by atoms with Crippen molar-refractivity contribution in [3.8, 4) is 0 Å². The van der Waals surface area contributed by atoms with Crippen molar-refractivity contribution in [1.29, 1.82) is 0 Å². The van der Waals surface area contributed by atoms with Gasteiger partial charge in [-0.25, -0.2) is 4.57 Å². The maximum absolute atomic E-state index is 12.1. The SMILES string of the molecule is CC(C)S(Cc1ccccc1)(C(C)C)P(=O)(O)O. The van der Waals surface area contributed by atoms with Crippen LogP contribution in [0.25, 0.3) is 0 Å². The molecule has 0 saturated carbocycles. The second kappa shape index (κ2) is 5.79. The molecule has 18 heavy (non-hydrogen) atoms. The molecule has 0 aliphatic heterocycles. The molecule has 0 saturated heterocycles. The van der Waals surface area contributed by atoms with Gasteiger partial charge in [0.1, 0.15) is 0 Å². The van der Waals surface area contributed by atoms with Crippen LogP contribution in [0, 0.1) is 0 Å². The van der Waals surface area contributed by atoms with Crippen molar-refractivity contribution in [2.24, 2.45) is 0 Å². The van der Waals surface area contributed by atoms with Crippen LogP contribution < -0.4 is 0 Å². The Morgan fingerprint density at radius 2 is 1.50 bits per heavy atom. The minimum absolute atomic E-state index is 0.00135. The molecule has 0 atom stereocenters. The second-order valence-corrected chi connectivity index (χ2v) is 13.3. The average Bonchev–Trinajstić information content (AvgIpc) is 2.24. The van der Waals surface area contributed by atoms with E-state index in [9.17, 15) is 14.4 Å². The largest absolute Gasteiger partial charge is 0.367 e. The van der Waals surface area contributed by atoms with Gasteiger partial charge in [-0.05, 0) is 16.1 Å². The lowest BCUT2D eigenvalue weighted by Crippen LogP contribution is -2.23. The van der Waals surface area contributed by atoms with Crippen LogP contribution in [0.2, 0.25) is 0 Å². The van der Waals surface area contributed by atoms with E-state index in [4.69, 9.17) is 0 Å². The zero-order chi connectivity index (χ0) is 14.0. The fraction of sp³-hybridized carbons (Fsp3) is 0.538. The predicted octanol–water partition coefficient (Wildman–Crippen LogP) is 3.90. The molecule has 0 amide bonds. The van der Waals surface area contributed by atoms with Crippen LogP contribution in [0.1, 0.15) is 33.3 Å². The molecule has 0 aliphatic carbocycles. The summed E-state index contributed by atoms with van der Waals surface area (Å²) in [7, 11) is -2.03. The van der Waals surface area contributed by atoms with E-state index in [2.05, 4.69) is 0 Å². The Kier molecular flexibility index (Phi) is 5.07. The summed E-state index contributed by atoms with van der Waals surface area (Å²) >= 11 is 0. The van der Waals surface area contributed by atoms with E-state index in [0.29, 0.717) is 5.75 Å². The fourth-order valence-corrected chi connectivity index (χ4v) is 10.3. The molecule has 0 radical (unpaired) electrons. The van der Waals surface area contributed by atoms with E-state index in [1.807, 2.05) is 58.0 Å². The highest BCUT2D eigenvalue weighted by Gasteiger charge is 2.46. The standard InChI is InChI=1S/C13H23O3PS/c1-11(2)18(12(3)4,17(14,15)16)10-13-8-6-5-7-9-13/h5-9,11-12H,10H2,1-4H3,(H2,14,15,16). The molecule has 0 bridgehead atoms. The summed E-state index contributed by atoms with van der Waals surface area (Å²) in [5.41, 5.74) is 1.01. The third-order valence-corrected chi connectivity index (χ3v) is 13.8. The van der Waals surface area contributed by atoms with E-state index >= 15 is 0 Å². The van der Waals surface area contributed by atoms with Crippen molar-refractivity contribution in [3.63, 3.8) is 0 Å². The molecule has 0 aliphatic rings. The lowest BCUT2D eigenvalue weighted by molar-refractivity contribution is 0.394. The van der Waals surface area contributed by atoms with Gasteiger partial charge in [0.05, 0.1) is 0 Å². The number of rotatable bonds is 5. The van der Waals surface area contributed by atoms with E-state index in [0.717, 1.165) is 5.56 Å². The summed E-state index contributed by atoms with van der Waals surface area (Å²) in [5, 5.41) is -0.00270. The van der Waals surface area contributed by atoms with Crippen molar-refractivity contribution in [3.05, 3.63) is 35.9 Å². The van der Waals surface area contributed by atoms with E-state index in [1.165, 1.54) is 0 Å². The smallest absolute Gasteiger partial charge is 0.318 e. The summed E-state index contributed by atoms with van der Waals surface area (Å²) in [6, 6.07) is 9.65. The highest BCUT2D eigenvalue weighted by atomic mass is 32.8. The molecule has 1 aromatic carbocycles. The van der Waals surface area contributed by atoms with Gasteiger partial charge in [-0.3, -0.25) is 0 Å². The maximum atomic E-state index is 12.1. The first-order valence-corrected chi connectivity index (χ1v) is 10.2. The quantitative estimate of drug-likeness (QED) is 0.809. The first-order valence-electron chi connectivity index (χ1n) is 6.10. The van der Waals surface area contributed by atoms with Crippen LogP contribution in [0.4, 0.5) is 0 Å². The monoisotopic (exact) mass is 290 g/mol. The predicted molar refractivity (Wildman–Crippen MR) is 80.1 cm³/mol. The molecule has 0 unspecified atom stereocenters. The molecule has 1 aromatic rings. The molecule has 104 valence electrons.